The Hall–Kier alpha value is -3.39. The zero-order chi connectivity index (χ0) is 23.1. The summed E-state index contributed by atoms with van der Waals surface area (Å²) in [6.45, 7) is 0.958. The molecule has 33 heavy (non-hydrogen) atoms. The van der Waals surface area contributed by atoms with Crippen molar-refractivity contribution in [3.05, 3.63) is 59.7 Å². The number of hydrogen-bond acceptors (Lipinski definition) is 5. The molecule has 1 unspecified atom stereocenters. The number of likely N-dealkylation sites (tertiary alicyclic amines) is 1. The first-order chi connectivity index (χ1) is 16.0. The quantitative estimate of drug-likeness (QED) is 0.671. The minimum atomic E-state index is -0.883. The number of nitrogens with one attached hydrogen (secondary N) is 1. The van der Waals surface area contributed by atoms with E-state index in [0.717, 1.165) is 22.3 Å². The highest BCUT2D eigenvalue weighted by Gasteiger charge is 2.60. The number of amides is 2. The Labute approximate surface area is 191 Å². The summed E-state index contributed by atoms with van der Waals surface area (Å²) >= 11 is 0. The van der Waals surface area contributed by atoms with E-state index in [0.29, 0.717) is 13.1 Å². The number of benzene rings is 2. The second-order valence-corrected chi connectivity index (χ2v) is 8.91. The van der Waals surface area contributed by atoms with Crippen LogP contribution in [0.5, 0.6) is 0 Å². The second-order valence-electron chi connectivity index (χ2n) is 8.91. The number of rotatable bonds is 7. The molecule has 8 nitrogen and oxygen atoms in total. The highest BCUT2D eigenvalue weighted by atomic mass is 16.5. The van der Waals surface area contributed by atoms with Crippen LogP contribution in [-0.2, 0) is 19.1 Å². The Balaban J connectivity index is 1.20. The Morgan fingerprint density at radius 2 is 1.61 bits per heavy atom. The molecule has 1 heterocycles. The summed E-state index contributed by atoms with van der Waals surface area (Å²) in [4.78, 5) is 38.3. The van der Waals surface area contributed by atoms with Crippen LogP contribution in [0.1, 0.15) is 17.0 Å². The summed E-state index contributed by atoms with van der Waals surface area (Å²) in [6.07, 6.45) is -0.681. The first kappa shape index (κ1) is 21.5. The largest absolute Gasteiger partial charge is 0.481 e. The van der Waals surface area contributed by atoms with Gasteiger partial charge >= 0.3 is 12.1 Å². The molecule has 1 saturated heterocycles. The van der Waals surface area contributed by atoms with E-state index in [-0.39, 0.29) is 42.8 Å². The number of alkyl carbamates (subject to hydrolysis) is 1. The van der Waals surface area contributed by atoms with Crippen molar-refractivity contribution in [3.63, 3.8) is 0 Å². The van der Waals surface area contributed by atoms with Gasteiger partial charge in [-0.3, -0.25) is 9.59 Å². The van der Waals surface area contributed by atoms with E-state index in [2.05, 4.69) is 17.4 Å². The van der Waals surface area contributed by atoms with Crippen molar-refractivity contribution in [2.75, 3.05) is 33.4 Å². The summed E-state index contributed by atoms with van der Waals surface area (Å²) in [5, 5.41) is 11.8. The molecule has 0 spiro atoms. The van der Waals surface area contributed by atoms with Crippen LogP contribution in [0.3, 0.4) is 0 Å². The molecule has 2 aromatic carbocycles. The van der Waals surface area contributed by atoms with Gasteiger partial charge in [0, 0.05) is 26.1 Å². The molecule has 2 aliphatic carbocycles. The summed E-state index contributed by atoms with van der Waals surface area (Å²) in [5.74, 6) is -1.50. The third-order valence-corrected chi connectivity index (χ3v) is 7.06. The van der Waals surface area contributed by atoms with E-state index >= 15 is 0 Å². The van der Waals surface area contributed by atoms with Crippen molar-refractivity contribution in [2.24, 2.45) is 17.8 Å². The summed E-state index contributed by atoms with van der Waals surface area (Å²) in [6, 6.07) is 15.3. The SMILES string of the molecule is COC[C@H](NC(=O)OCC1c2ccccc2-c2ccccc21)C(=O)N1C[C@@H]2C(C(=O)O)[C@@H]2C1. The van der Waals surface area contributed by atoms with Gasteiger partial charge in [0.15, 0.2) is 0 Å². The van der Waals surface area contributed by atoms with Crippen LogP contribution in [0.4, 0.5) is 4.79 Å². The first-order valence-electron chi connectivity index (χ1n) is 11.1. The Morgan fingerprint density at radius 3 is 2.15 bits per heavy atom. The van der Waals surface area contributed by atoms with Gasteiger partial charge in [-0.15, -0.1) is 0 Å². The number of carbonyl (C=O) groups excluding carboxylic acids is 2. The van der Waals surface area contributed by atoms with E-state index in [1.54, 1.807) is 4.90 Å². The van der Waals surface area contributed by atoms with Crippen molar-refractivity contribution in [2.45, 2.75) is 12.0 Å². The molecule has 0 aromatic heterocycles. The Bertz CT molecular complexity index is 1040. The van der Waals surface area contributed by atoms with Crippen LogP contribution in [0.2, 0.25) is 0 Å². The van der Waals surface area contributed by atoms with E-state index in [1.165, 1.54) is 7.11 Å². The standard InChI is InChI=1S/C25H26N2O6/c1-32-13-21(23(28)27-10-18-19(11-27)22(18)24(29)30)26-25(31)33-12-20-16-8-4-2-6-14(16)15-7-3-5-9-17(15)20/h2-9,18-22H,10-13H2,1H3,(H,26,31)(H,29,30)/t18-,19+,21-,22?/m0/s1. The lowest BCUT2D eigenvalue weighted by Crippen LogP contribution is -2.51. The topological polar surface area (TPSA) is 105 Å². The third-order valence-electron chi connectivity index (χ3n) is 7.06. The number of ether oxygens (including phenoxy) is 2. The van der Waals surface area contributed by atoms with Gasteiger partial charge in [-0.25, -0.2) is 4.79 Å². The molecule has 8 heteroatoms. The lowest BCUT2D eigenvalue weighted by molar-refractivity contribution is -0.141. The lowest BCUT2D eigenvalue weighted by atomic mass is 9.98. The van der Waals surface area contributed by atoms with Crippen LogP contribution < -0.4 is 5.32 Å². The zero-order valence-electron chi connectivity index (χ0n) is 18.3. The van der Waals surface area contributed by atoms with Crippen LogP contribution in [-0.4, -0.2) is 67.4 Å². The fourth-order valence-corrected chi connectivity index (χ4v) is 5.42. The number of nitrogens with zero attached hydrogens (tertiary/aromatic N) is 1. The van der Waals surface area contributed by atoms with Gasteiger partial charge < -0.3 is 24.8 Å². The number of carboxylic acid groups (broad SMARTS) is 1. The average molecular weight is 450 g/mol. The molecule has 1 saturated carbocycles. The normalized spacial score (nSPS) is 23.3. The van der Waals surface area contributed by atoms with Crippen molar-refractivity contribution >= 4 is 18.0 Å². The predicted octanol–water partition coefficient (Wildman–Crippen LogP) is 2.33. The van der Waals surface area contributed by atoms with Gasteiger partial charge in [-0.05, 0) is 34.1 Å². The fourth-order valence-electron chi connectivity index (χ4n) is 5.42. The van der Waals surface area contributed by atoms with Crippen molar-refractivity contribution in [1.29, 1.82) is 0 Å². The van der Waals surface area contributed by atoms with Gasteiger partial charge in [0.25, 0.3) is 0 Å². The summed E-state index contributed by atoms with van der Waals surface area (Å²) in [7, 11) is 1.46. The van der Waals surface area contributed by atoms with Crippen molar-refractivity contribution in [1.82, 2.24) is 10.2 Å². The van der Waals surface area contributed by atoms with Crippen molar-refractivity contribution in [3.8, 4) is 11.1 Å². The molecular formula is C25H26N2O6. The second kappa shape index (κ2) is 8.51. The summed E-state index contributed by atoms with van der Waals surface area (Å²) in [5.41, 5.74) is 4.50. The molecule has 0 bridgehead atoms. The highest BCUT2D eigenvalue weighted by molar-refractivity contribution is 5.87. The summed E-state index contributed by atoms with van der Waals surface area (Å²) < 4.78 is 10.7. The molecule has 1 aliphatic heterocycles. The first-order valence-corrected chi connectivity index (χ1v) is 11.1. The van der Waals surface area contributed by atoms with Gasteiger partial charge in [-0.1, -0.05) is 48.5 Å². The van der Waals surface area contributed by atoms with Crippen LogP contribution in [0, 0.1) is 17.8 Å². The van der Waals surface area contributed by atoms with Gasteiger partial charge in [0.1, 0.15) is 12.6 Å². The molecule has 2 amide bonds. The fraction of sp³-hybridized carbons (Fsp3) is 0.400. The van der Waals surface area contributed by atoms with E-state index < -0.39 is 18.1 Å². The molecule has 0 radical (unpaired) electrons. The molecule has 5 rings (SSSR count). The molecule has 3 aliphatic rings. The number of hydrogen-bond donors (Lipinski definition) is 2. The van der Waals surface area contributed by atoms with Crippen molar-refractivity contribution < 1.29 is 29.0 Å². The number of aliphatic carboxylic acids is 1. The Kier molecular flexibility index (Phi) is 5.54. The molecule has 172 valence electrons. The number of fused-ring (bicyclic) bond motifs is 4. The maximum Gasteiger partial charge on any atom is 0.407 e. The van der Waals surface area contributed by atoms with Gasteiger partial charge in [0.2, 0.25) is 5.91 Å². The lowest BCUT2D eigenvalue weighted by Gasteiger charge is -2.25. The minimum Gasteiger partial charge on any atom is -0.481 e. The van der Waals surface area contributed by atoms with Crippen LogP contribution in [0.15, 0.2) is 48.5 Å². The molecular weight excluding hydrogens is 424 g/mol. The maximum absolute atomic E-state index is 12.9. The molecule has 2 N–H and O–H groups in total. The number of piperidine rings is 1. The zero-order valence-corrected chi connectivity index (χ0v) is 18.3. The van der Waals surface area contributed by atoms with Crippen LogP contribution in [0.25, 0.3) is 11.1 Å². The predicted molar refractivity (Wildman–Crippen MR) is 119 cm³/mol. The minimum absolute atomic E-state index is 0.00380. The Morgan fingerprint density at radius 1 is 1.03 bits per heavy atom. The smallest absolute Gasteiger partial charge is 0.407 e. The molecule has 2 fully saturated rings. The highest BCUT2D eigenvalue weighted by Crippen LogP contribution is 2.51. The van der Waals surface area contributed by atoms with Crippen LogP contribution >= 0.6 is 0 Å². The van der Waals surface area contributed by atoms with E-state index in [1.807, 2.05) is 36.4 Å². The number of carboxylic acids is 1. The maximum atomic E-state index is 12.9. The monoisotopic (exact) mass is 450 g/mol. The number of methoxy groups -OCH3 is 1. The average Bonchev–Trinajstić information content (AvgIpc) is 3.17. The number of carbonyl (C=O) groups is 3. The molecule has 2 aromatic rings. The van der Waals surface area contributed by atoms with E-state index in [4.69, 9.17) is 9.47 Å². The third kappa shape index (κ3) is 3.84. The van der Waals surface area contributed by atoms with E-state index in [9.17, 15) is 19.5 Å². The van der Waals surface area contributed by atoms with Gasteiger partial charge in [-0.2, -0.15) is 0 Å². The van der Waals surface area contributed by atoms with Gasteiger partial charge in [0.05, 0.1) is 12.5 Å². The molecule has 4 atom stereocenters.